The second-order valence-corrected chi connectivity index (χ2v) is 5.01. The molecule has 0 saturated heterocycles. The normalized spacial score (nSPS) is 16.6. The van der Waals surface area contributed by atoms with Gasteiger partial charge in [0.2, 0.25) is 5.79 Å². The Morgan fingerprint density at radius 2 is 2.10 bits per heavy atom. The van der Waals surface area contributed by atoms with Crippen LogP contribution in [0, 0.1) is 0 Å². The number of para-hydroxylation sites is 1. The number of benzene rings is 1. The molecule has 108 valence electrons. The Labute approximate surface area is 120 Å². The molecule has 0 spiro atoms. The van der Waals surface area contributed by atoms with E-state index in [1.165, 1.54) is 0 Å². The van der Waals surface area contributed by atoms with Crippen LogP contribution in [0.2, 0.25) is 0 Å². The predicted octanol–water partition coefficient (Wildman–Crippen LogP) is 0.976. The molecule has 0 aromatic heterocycles. The lowest BCUT2D eigenvalue weighted by Gasteiger charge is -2.21. The molecule has 1 N–H and O–H groups in total. The van der Waals surface area contributed by atoms with E-state index >= 15 is 0 Å². The predicted molar refractivity (Wildman–Crippen MR) is 68.8 cm³/mol. The summed E-state index contributed by atoms with van der Waals surface area (Å²) in [6.45, 7) is 3.42. The highest BCUT2D eigenvalue weighted by Crippen LogP contribution is 2.43. The Bertz CT molecular complexity index is 558. The van der Waals surface area contributed by atoms with Crippen molar-refractivity contribution in [2.24, 2.45) is 0 Å². The summed E-state index contributed by atoms with van der Waals surface area (Å²) in [5.41, 5.74) is 0.350. The number of fused-ring (bicyclic) bond motifs is 1. The van der Waals surface area contributed by atoms with E-state index in [0.29, 0.717) is 17.1 Å². The van der Waals surface area contributed by atoms with E-state index in [-0.39, 0.29) is 5.88 Å². The number of amides is 1. The van der Waals surface area contributed by atoms with E-state index in [1.54, 1.807) is 32.0 Å². The number of halogens is 1. The molecule has 1 amide bonds. The highest BCUT2D eigenvalue weighted by molar-refractivity contribution is 6.28. The van der Waals surface area contributed by atoms with E-state index in [1.807, 2.05) is 5.32 Å². The number of carbonyl (C=O) groups excluding carboxylic acids is 2. The zero-order valence-corrected chi connectivity index (χ0v) is 11.7. The van der Waals surface area contributed by atoms with Gasteiger partial charge in [0.25, 0.3) is 0 Å². The van der Waals surface area contributed by atoms with Crippen LogP contribution in [0.25, 0.3) is 0 Å². The molecule has 1 aliphatic heterocycles. The number of Topliss-reactive ketones (excluding diaryl/α,β-unsaturated/α-hetero) is 1. The van der Waals surface area contributed by atoms with Gasteiger partial charge < -0.3 is 24.7 Å². The van der Waals surface area contributed by atoms with Gasteiger partial charge in [0.1, 0.15) is 12.1 Å². The third-order valence-electron chi connectivity index (χ3n) is 2.74. The summed E-state index contributed by atoms with van der Waals surface area (Å²) in [5, 5.41) is 12.8. The van der Waals surface area contributed by atoms with Gasteiger partial charge in [-0.05, 0) is 6.07 Å². The number of hydrogen-bond acceptors (Lipinski definition) is 5. The number of hydrogen-bond donors (Lipinski definition) is 1. The minimum Gasteiger partial charge on any atom is -0.530 e. The fourth-order valence-electron chi connectivity index (χ4n) is 2.01. The van der Waals surface area contributed by atoms with E-state index in [4.69, 9.17) is 21.1 Å². The minimum absolute atomic E-state index is 0.328. The topological polar surface area (TPSA) is 87.7 Å². The van der Waals surface area contributed by atoms with Crippen molar-refractivity contribution in [1.29, 1.82) is 0 Å². The van der Waals surface area contributed by atoms with Crippen molar-refractivity contribution in [3.63, 3.8) is 0 Å². The molecule has 0 bridgehead atoms. The first-order valence-corrected chi connectivity index (χ1v) is 6.44. The molecular weight excluding hydrogens is 286 g/mol. The molecule has 0 saturated carbocycles. The second-order valence-electron chi connectivity index (χ2n) is 4.74. The SMILES string of the molecule is CC1(C)Oc2cccc(C(NC(=O)[O-])C(=O)CCl)c2O1. The molecule has 1 aliphatic rings. The van der Waals surface area contributed by atoms with Gasteiger partial charge in [-0.3, -0.25) is 4.79 Å². The maximum Gasteiger partial charge on any atom is 0.246 e. The summed E-state index contributed by atoms with van der Waals surface area (Å²) in [6, 6.07) is 3.75. The van der Waals surface area contributed by atoms with Crippen LogP contribution < -0.4 is 19.9 Å². The summed E-state index contributed by atoms with van der Waals surface area (Å²) in [4.78, 5) is 22.6. The molecule has 7 heteroatoms. The lowest BCUT2D eigenvalue weighted by Crippen LogP contribution is -2.42. The molecule has 0 fully saturated rings. The van der Waals surface area contributed by atoms with Crippen molar-refractivity contribution in [3.8, 4) is 11.5 Å². The molecule has 1 aromatic rings. The third-order valence-corrected chi connectivity index (χ3v) is 3.00. The van der Waals surface area contributed by atoms with Crippen LogP contribution in [0.15, 0.2) is 18.2 Å². The van der Waals surface area contributed by atoms with Gasteiger partial charge >= 0.3 is 0 Å². The molecule has 0 radical (unpaired) electrons. The maximum absolute atomic E-state index is 11.8. The largest absolute Gasteiger partial charge is 0.530 e. The number of carbonyl (C=O) groups is 2. The van der Waals surface area contributed by atoms with E-state index in [0.717, 1.165) is 0 Å². The Morgan fingerprint density at radius 1 is 1.40 bits per heavy atom. The molecule has 2 rings (SSSR count). The van der Waals surface area contributed by atoms with Crippen molar-refractivity contribution in [1.82, 2.24) is 5.32 Å². The maximum atomic E-state index is 11.8. The van der Waals surface area contributed by atoms with Crippen molar-refractivity contribution in [2.75, 3.05) is 5.88 Å². The minimum atomic E-state index is -1.57. The van der Waals surface area contributed by atoms with Crippen LogP contribution in [0.3, 0.4) is 0 Å². The van der Waals surface area contributed by atoms with Gasteiger partial charge in [-0.2, -0.15) is 0 Å². The van der Waals surface area contributed by atoms with Gasteiger partial charge in [-0.15, -0.1) is 11.6 Å². The van der Waals surface area contributed by atoms with Gasteiger partial charge in [-0.25, -0.2) is 0 Å². The number of rotatable bonds is 4. The lowest BCUT2D eigenvalue weighted by molar-refractivity contribution is -0.251. The van der Waals surface area contributed by atoms with Crippen LogP contribution in [0.1, 0.15) is 25.5 Å². The fraction of sp³-hybridized carbons (Fsp3) is 0.385. The average Bonchev–Trinajstić information content (AvgIpc) is 2.68. The standard InChI is InChI=1S/C13H14ClNO5/c1-13(2)19-9-5-3-4-7(11(9)20-13)10(8(16)6-14)15-12(17)18/h3-5,10,15H,6H2,1-2H3,(H,17,18)/p-1. The Morgan fingerprint density at radius 3 is 2.70 bits per heavy atom. The smallest absolute Gasteiger partial charge is 0.246 e. The van der Waals surface area contributed by atoms with Gasteiger partial charge in [-0.1, -0.05) is 12.1 Å². The molecule has 0 aliphatic carbocycles. The van der Waals surface area contributed by atoms with Crippen LogP contribution >= 0.6 is 11.6 Å². The summed E-state index contributed by atoms with van der Waals surface area (Å²) >= 11 is 5.51. The molecule has 1 atom stereocenters. The first kappa shape index (κ1) is 14.5. The Hall–Kier alpha value is -1.95. The van der Waals surface area contributed by atoms with Crippen LogP contribution in [-0.4, -0.2) is 23.5 Å². The van der Waals surface area contributed by atoms with Gasteiger partial charge in [0, 0.05) is 19.4 Å². The van der Waals surface area contributed by atoms with Crippen LogP contribution in [0.4, 0.5) is 4.79 Å². The number of nitrogens with one attached hydrogen (secondary N) is 1. The number of ether oxygens (including phenoxy) is 2. The van der Waals surface area contributed by atoms with Crippen LogP contribution in [0.5, 0.6) is 11.5 Å². The monoisotopic (exact) mass is 298 g/mol. The van der Waals surface area contributed by atoms with Gasteiger partial charge in [0.05, 0.1) is 5.88 Å². The molecule has 1 heterocycles. The summed E-state index contributed by atoms with van der Waals surface area (Å²) in [7, 11) is 0. The second kappa shape index (κ2) is 5.20. The Kier molecular flexibility index (Phi) is 3.76. The molecule has 1 unspecified atom stereocenters. The van der Waals surface area contributed by atoms with E-state index in [2.05, 4.69) is 0 Å². The van der Waals surface area contributed by atoms with Crippen molar-refractivity contribution >= 4 is 23.5 Å². The zero-order valence-electron chi connectivity index (χ0n) is 10.9. The highest BCUT2D eigenvalue weighted by atomic mass is 35.5. The van der Waals surface area contributed by atoms with Crippen molar-refractivity contribution < 1.29 is 24.2 Å². The lowest BCUT2D eigenvalue weighted by atomic mass is 10.0. The quantitative estimate of drug-likeness (QED) is 0.837. The van der Waals surface area contributed by atoms with Crippen LogP contribution in [-0.2, 0) is 4.79 Å². The molecule has 1 aromatic carbocycles. The molecule has 6 nitrogen and oxygen atoms in total. The molecule has 20 heavy (non-hydrogen) atoms. The zero-order chi connectivity index (χ0) is 14.9. The summed E-state index contributed by atoms with van der Waals surface area (Å²) in [5.74, 6) is -0.944. The summed E-state index contributed by atoms with van der Waals surface area (Å²) in [6.07, 6.45) is -1.57. The fourth-order valence-corrected chi connectivity index (χ4v) is 2.16. The third kappa shape index (κ3) is 2.80. The first-order valence-electron chi connectivity index (χ1n) is 5.91. The number of carboxylic acid groups (broad SMARTS) is 1. The number of alkyl halides is 1. The van der Waals surface area contributed by atoms with E-state index < -0.39 is 23.7 Å². The van der Waals surface area contributed by atoms with Gasteiger partial charge in [0.15, 0.2) is 17.3 Å². The number of ketones is 1. The average molecular weight is 299 g/mol. The first-order chi connectivity index (χ1) is 9.34. The Balaban J connectivity index is 2.43. The summed E-state index contributed by atoms with van der Waals surface area (Å²) < 4.78 is 11.2. The van der Waals surface area contributed by atoms with Crippen molar-refractivity contribution in [2.45, 2.75) is 25.7 Å². The van der Waals surface area contributed by atoms with E-state index in [9.17, 15) is 14.7 Å². The molecular formula is C13H13ClNO5-. The highest BCUT2D eigenvalue weighted by Gasteiger charge is 2.36. The van der Waals surface area contributed by atoms with Crippen molar-refractivity contribution in [3.05, 3.63) is 23.8 Å².